The third kappa shape index (κ3) is 4.71. The second-order valence-corrected chi connectivity index (χ2v) is 7.65. The number of halogens is 3. The monoisotopic (exact) mass is 414 g/mol. The van der Waals surface area contributed by atoms with Crippen molar-refractivity contribution in [3.05, 3.63) is 50.7 Å². The molecule has 0 radical (unpaired) electrons. The topological polar surface area (TPSA) is 41.4 Å². The van der Waals surface area contributed by atoms with Crippen molar-refractivity contribution in [1.29, 1.82) is 0 Å². The minimum atomic E-state index is 0.143. The van der Waals surface area contributed by atoms with Gasteiger partial charge in [0.1, 0.15) is 0 Å². The number of carbonyl (C=O) groups is 1. The number of benzene rings is 1. The predicted octanol–water partition coefficient (Wildman–Crippen LogP) is 3.89. The van der Waals surface area contributed by atoms with Crippen LogP contribution in [0, 0.1) is 6.92 Å². The first-order valence-corrected chi connectivity index (χ1v) is 9.70. The van der Waals surface area contributed by atoms with Crippen LogP contribution in [0.25, 0.3) is 0 Å². The summed E-state index contributed by atoms with van der Waals surface area (Å²) in [4.78, 5) is 16.6. The third-order valence-electron chi connectivity index (χ3n) is 4.61. The zero-order valence-electron chi connectivity index (χ0n) is 14.6. The molecule has 0 aliphatic carbocycles. The number of piperazine rings is 1. The van der Waals surface area contributed by atoms with Crippen LogP contribution >= 0.6 is 34.8 Å². The SMILES string of the molecule is Cc1nn(CCC(=O)N2CCN(Cc3c(Cl)cccc3Cl)CC2)cc1Cl. The lowest BCUT2D eigenvalue weighted by Gasteiger charge is -2.35. The highest BCUT2D eigenvalue weighted by Gasteiger charge is 2.22. The molecule has 140 valence electrons. The predicted molar refractivity (Wildman–Crippen MR) is 105 cm³/mol. The van der Waals surface area contributed by atoms with E-state index in [-0.39, 0.29) is 5.91 Å². The number of nitrogens with zero attached hydrogens (tertiary/aromatic N) is 4. The van der Waals surface area contributed by atoms with Crippen LogP contribution in [0.15, 0.2) is 24.4 Å². The number of hydrogen-bond donors (Lipinski definition) is 0. The Morgan fingerprint density at radius 1 is 1.08 bits per heavy atom. The Labute approximate surface area is 168 Å². The zero-order chi connectivity index (χ0) is 18.7. The molecule has 0 atom stereocenters. The van der Waals surface area contributed by atoms with Crippen LogP contribution in [0.1, 0.15) is 17.7 Å². The summed E-state index contributed by atoms with van der Waals surface area (Å²) in [6.45, 7) is 6.12. The van der Waals surface area contributed by atoms with E-state index in [1.807, 2.05) is 30.0 Å². The van der Waals surface area contributed by atoms with Gasteiger partial charge in [0, 0.05) is 67.5 Å². The summed E-state index contributed by atoms with van der Waals surface area (Å²) in [6.07, 6.45) is 2.18. The molecule has 1 aromatic heterocycles. The average molecular weight is 416 g/mol. The van der Waals surface area contributed by atoms with Gasteiger partial charge in [-0.05, 0) is 19.1 Å². The number of rotatable bonds is 5. The Balaban J connectivity index is 1.48. The third-order valence-corrected chi connectivity index (χ3v) is 5.69. The molecule has 3 rings (SSSR count). The molecule has 2 aromatic rings. The molecule has 0 bridgehead atoms. The molecule has 2 heterocycles. The molecule has 0 N–H and O–H groups in total. The zero-order valence-corrected chi connectivity index (χ0v) is 16.9. The second kappa shape index (κ2) is 8.61. The molecular formula is C18H21Cl3N4O. The van der Waals surface area contributed by atoms with E-state index in [2.05, 4.69) is 10.00 Å². The van der Waals surface area contributed by atoms with Gasteiger partial charge in [0.25, 0.3) is 0 Å². The number of aryl methyl sites for hydroxylation is 2. The molecule has 8 heteroatoms. The van der Waals surface area contributed by atoms with Crippen molar-refractivity contribution in [2.75, 3.05) is 26.2 Å². The van der Waals surface area contributed by atoms with Crippen molar-refractivity contribution in [3.63, 3.8) is 0 Å². The first-order valence-electron chi connectivity index (χ1n) is 8.56. The van der Waals surface area contributed by atoms with Crippen molar-refractivity contribution in [1.82, 2.24) is 19.6 Å². The lowest BCUT2D eigenvalue weighted by molar-refractivity contribution is -0.133. The fourth-order valence-electron chi connectivity index (χ4n) is 3.04. The van der Waals surface area contributed by atoms with Crippen LogP contribution in [0.2, 0.25) is 15.1 Å². The quantitative estimate of drug-likeness (QED) is 0.744. The maximum Gasteiger partial charge on any atom is 0.224 e. The smallest absolute Gasteiger partial charge is 0.224 e. The molecule has 1 aliphatic heterocycles. The van der Waals surface area contributed by atoms with Gasteiger partial charge in [0.15, 0.2) is 0 Å². The number of hydrogen-bond acceptors (Lipinski definition) is 3. The lowest BCUT2D eigenvalue weighted by Crippen LogP contribution is -2.48. The molecule has 26 heavy (non-hydrogen) atoms. The maximum absolute atomic E-state index is 12.4. The highest BCUT2D eigenvalue weighted by molar-refractivity contribution is 6.36. The van der Waals surface area contributed by atoms with Crippen LogP contribution in [0.5, 0.6) is 0 Å². The first kappa shape index (κ1) is 19.5. The Hall–Kier alpha value is -1.27. The van der Waals surface area contributed by atoms with E-state index >= 15 is 0 Å². The van der Waals surface area contributed by atoms with Gasteiger partial charge in [0.2, 0.25) is 5.91 Å². The Bertz CT molecular complexity index is 745. The number of aromatic nitrogens is 2. The number of carbonyl (C=O) groups excluding carboxylic acids is 1. The summed E-state index contributed by atoms with van der Waals surface area (Å²) in [6, 6.07) is 5.55. The van der Waals surface area contributed by atoms with E-state index < -0.39 is 0 Å². The minimum Gasteiger partial charge on any atom is -0.340 e. The molecule has 0 saturated carbocycles. The second-order valence-electron chi connectivity index (χ2n) is 6.43. The van der Waals surface area contributed by atoms with E-state index in [0.717, 1.165) is 24.3 Å². The summed E-state index contributed by atoms with van der Waals surface area (Å²) in [5.41, 5.74) is 1.73. The van der Waals surface area contributed by atoms with Crippen LogP contribution in [0.3, 0.4) is 0 Å². The van der Waals surface area contributed by atoms with Crippen LogP contribution in [0.4, 0.5) is 0 Å². The minimum absolute atomic E-state index is 0.143. The summed E-state index contributed by atoms with van der Waals surface area (Å²) >= 11 is 18.5. The summed E-state index contributed by atoms with van der Waals surface area (Å²) in [5, 5.41) is 6.28. The average Bonchev–Trinajstić information content (AvgIpc) is 2.95. The highest BCUT2D eigenvalue weighted by atomic mass is 35.5. The summed E-state index contributed by atoms with van der Waals surface area (Å²) in [7, 11) is 0. The van der Waals surface area contributed by atoms with Crippen molar-refractivity contribution in [2.24, 2.45) is 0 Å². The molecule has 1 aromatic carbocycles. The van der Waals surface area contributed by atoms with Crippen LogP contribution in [-0.2, 0) is 17.9 Å². The summed E-state index contributed by atoms with van der Waals surface area (Å²) in [5.74, 6) is 0.143. The molecule has 5 nitrogen and oxygen atoms in total. The Morgan fingerprint density at radius 2 is 1.73 bits per heavy atom. The van der Waals surface area contributed by atoms with E-state index in [4.69, 9.17) is 34.8 Å². The number of amides is 1. The lowest BCUT2D eigenvalue weighted by atomic mass is 10.2. The van der Waals surface area contributed by atoms with Crippen molar-refractivity contribution in [2.45, 2.75) is 26.4 Å². The molecule has 1 saturated heterocycles. The van der Waals surface area contributed by atoms with Gasteiger partial charge in [-0.25, -0.2) is 0 Å². The van der Waals surface area contributed by atoms with Crippen LogP contribution in [-0.4, -0.2) is 51.7 Å². The van der Waals surface area contributed by atoms with Crippen molar-refractivity contribution >= 4 is 40.7 Å². The summed E-state index contributed by atoms with van der Waals surface area (Å²) < 4.78 is 1.73. The standard InChI is InChI=1S/C18H21Cl3N4O/c1-13-17(21)12-25(22-13)6-5-18(26)24-9-7-23(8-10-24)11-14-15(19)3-2-4-16(14)20/h2-4,12H,5-11H2,1H3. The van der Waals surface area contributed by atoms with Gasteiger partial charge >= 0.3 is 0 Å². The molecule has 1 amide bonds. The molecular weight excluding hydrogens is 395 g/mol. The molecule has 1 fully saturated rings. The van der Waals surface area contributed by atoms with E-state index in [1.54, 1.807) is 10.9 Å². The fourth-order valence-corrected chi connectivity index (χ4v) is 3.71. The van der Waals surface area contributed by atoms with Crippen molar-refractivity contribution < 1.29 is 4.79 Å². The normalized spacial score (nSPS) is 15.5. The molecule has 1 aliphatic rings. The molecule has 0 unspecified atom stereocenters. The van der Waals surface area contributed by atoms with E-state index in [0.29, 0.717) is 47.7 Å². The highest BCUT2D eigenvalue weighted by Crippen LogP contribution is 2.26. The largest absolute Gasteiger partial charge is 0.340 e. The van der Waals surface area contributed by atoms with Gasteiger partial charge in [0.05, 0.1) is 10.7 Å². The van der Waals surface area contributed by atoms with Gasteiger partial charge in [-0.1, -0.05) is 40.9 Å². The van der Waals surface area contributed by atoms with Crippen molar-refractivity contribution in [3.8, 4) is 0 Å². The van der Waals surface area contributed by atoms with Gasteiger partial charge in [-0.15, -0.1) is 0 Å². The van der Waals surface area contributed by atoms with Gasteiger partial charge < -0.3 is 4.90 Å². The Kier molecular flexibility index (Phi) is 6.46. The fraction of sp³-hybridized carbons (Fsp3) is 0.444. The van der Waals surface area contributed by atoms with Gasteiger partial charge in [-0.2, -0.15) is 5.10 Å². The molecule has 0 spiro atoms. The first-order chi connectivity index (χ1) is 12.4. The van der Waals surface area contributed by atoms with E-state index in [9.17, 15) is 4.79 Å². The maximum atomic E-state index is 12.4. The van der Waals surface area contributed by atoms with Crippen LogP contribution < -0.4 is 0 Å². The van der Waals surface area contributed by atoms with Gasteiger partial charge in [-0.3, -0.25) is 14.4 Å². The van der Waals surface area contributed by atoms with E-state index in [1.165, 1.54) is 0 Å². The Morgan fingerprint density at radius 3 is 2.31 bits per heavy atom.